The number of hydrogen-bond acceptors (Lipinski definition) is 8. The molecule has 0 aliphatic carbocycles. The van der Waals surface area contributed by atoms with Crippen molar-refractivity contribution >= 4 is 53.2 Å². The van der Waals surface area contributed by atoms with Gasteiger partial charge in [-0.05, 0) is 37.4 Å². The molecule has 214 valence electrons. The number of carbonyl (C=O) groups is 5. The highest BCUT2D eigenvalue weighted by Gasteiger charge is 2.30. The molecule has 0 bridgehead atoms. The van der Waals surface area contributed by atoms with Crippen molar-refractivity contribution in [2.75, 3.05) is 12.3 Å². The van der Waals surface area contributed by atoms with Crippen LogP contribution in [0.25, 0.3) is 10.9 Å². The number of hydrogen-bond donors (Lipinski definition) is 9. The maximum absolute atomic E-state index is 13.3. The van der Waals surface area contributed by atoms with Crippen LogP contribution in [0.4, 0.5) is 0 Å². The van der Waals surface area contributed by atoms with Crippen molar-refractivity contribution in [2.24, 2.45) is 11.5 Å². The molecule has 13 nitrogen and oxygen atoms in total. The molecule has 1 aromatic carbocycles. The van der Waals surface area contributed by atoms with E-state index in [9.17, 15) is 29.1 Å². The van der Waals surface area contributed by atoms with Gasteiger partial charge in [0, 0.05) is 35.7 Å². The van der Waals surface area contributed by atoms with Gasteiger partial charge in [-0.2, -0.15) is 12.6 Å². The number of rotatable bonds is 17. The number of carboxylic acids is 2. The summed E-state index contributed by atoms with van der Waals surface area (Å²) >= 11 is 4.11. The van der Waals surface area contributed by atoms with E-state index < -0.39 is 60.2 Å². The van der Waals surface area contributed by atoms with Gasteiger partial charge in [-0.1, -0.05) is 24.6 Å². The number of aliphatic carboxylic acids is 2. The highest BCUT2D eigenvalue weighted by atomic mass is 32.1. The molecule has 0 saturated carbocycles. The SMILES string of the molecule is NCCCCC(N)C(=O)NC(Cc1c[nH]c2ccccc12)C(=O)NC(CS)C(=O)NC(CCC(=O)O)C(=O)O. The van der Waals surface area contributed by atoms with Crippen molar-refractivity contribution in [1.29, 1.82) is 0 Å². The molecule has 0 saturated heterocycles. The molecule has 1 heterocycles. The predicted molar refractivity (Wildman–Crippen MR) is 147 cm³/mol. The number of unbranched alkanes of at least 4 members (excludes halogenated alkanes) is 1. The molecule has 4 atom stereocenters. The molecule has 0 aliphatic heterocycles. The van der Waals surface area contributed by atoms with Crippen LogP contribution < -0.4 is 27.4 Å². The van der Waals surface area contributed by atoms with Crippen LogP contribution in [0, 0.1) is 0 Å². The van der Waals surface area contributed by atoms with Crippen LogP contribution >= 0.6 is 12.6 Å². The Morgan fingerprint density at radius 1 is 0.897 bits per heavy atom. The number of aromatic amines is 1. The Morgan fingerprint density at radius 3 is 2.18 bits per heavy atom. The number of carboxylic acid groups (broad SMARTS) is 2. The number of para-hydroxylation sites is 1. The van der Waals surface area contributed by atoms with Gasteiger partial charge in [0.25, 0.3) is 0 Å². The molecule has 10 N–H and O–H groups in total. The predicted octanol–water partition coefficient (Wildman–Crippen LogP) is -0.500. The molecule has 0 spiro atoms. The second kappa shape index (κ2) is 15.7. The number of carbonyl (C=O) groups excluding carboxylic acids is 3. The first-order valence-corrected chi connectivity index (χ1v) is 13.2. The largest absolute Gasteiger partial charge is 0.481 e. The van der Waals surface area contributed by atoms with Gasteiger partial charge in [0.15, 0.2) is 0 Å². The summed E-state index contributed by atoms with van der Waals surface area (Å²) in [6.45, 7) is 0.464. The minimum atomic E-state index is -1.47. The van der Waals surface area contributed by atoms with Gasteiger partial charge < -0.3 is 42.6 Å². The average molecular weight is 565 g/mol. The van der Waals surface area contributed by atoms with E-state index in [4.69, 9.17) is 16.6 Å². The number of fused-ring (bicyclic) bond motifs is 1. The number of benzene rings is 1. The Kier molecular flexibility index (Phi) is 12.7. The lowest BCUT2D eigenvalue weighted by atomic mass is 10.0. The average Bonchev–Trinajstić information content (AvgIpc) is 3.31. The van der Waals surface area contributed by atoms with Crippen molar-refractivity contribution in [3.63, 3.8) is 0 Å². The molecule has 39 heavy (non-hydrogen) atoms. The third kappa shape index (κ3) is 9.89. The minimum absolute atomic E-state index is 0.0778. The van der Waals surface area contributed by atoms with Crippen molar-refractivity contribution in [3.8, 4) is 0 Å². The second-order valence-electron chi connectivity index (χ2n) is 9.09. The van der Waals surface area contributed by atoms with E-state index in [2.05, 4.69) is 33.6 Å². The highest BCUT2D eigenvalue weighted by molar-refractivity contribution is 7.80. The van der Waals surface area contributed by atoms with Crippen LogP contribution in [0.5, 0.6) is 0 Å². The second-order valence-corrected chi connectivity index (χ2v) is 9.46. The Balaban J connectivity index is 2.19. The molecule has 0 fully saturated rings. The molecule has 2 rings (SSSR count). The van der Waals surface area contributed by atoms with Gasteiger partial charge >= 0.3 is 11.9 Å². The van der Waals surface area contributed by atoms with E-state index >= 15 is 0 Å². The van der Waals surface area contributed by atoms with E-state index in [1.54, 1.807) is 6.20 Å². The van der Waals surface area contributed by atoms with Crippen LogP contribution in [0.3, 0.4) is 0 Å². The number of amides is 3. The maximum Gasteiger partial charge on any atom is 0.326 e. The minimum Gasteiger partial charge on any atom is -0.481 e. The molecular weight excluding hydrogens is 528 g/mol. The summed E-state index contributed by atoms with van der Waals surface area (Å²) in [5.41, 5.74) is 13.1. The van der Waals surface area contributed by atoms with Gasteiger partial charge in [-0.3, -0.25) is 19.2 Å². The molecule has 1 aromatic heterocycles. The first-order chi connectivity index (χ1) is 18.6. The number of nitrogens with one attached hydrogen (secondary N) is 4. The molecule has 14 heteroatoms. The first-order valence-electron chi connectivity index (χ1n) is 12.5. The van der Waals surface area contributed by atoms with Gasteiger partial charge in [0.2, 0.25) is 17.7 Å². The van der Waals surface area contributed by atoms with Gasteiger partial charge in [-0.15, -0.1) is 0 Å². The number of aromatic nitrogens is 1. The zero-order chi connectivity index (χ0) is 28.9. The maximum atomic E-state index is 13.3. The zero-order valence-corrected chi connectivity index (χ0v) is 22.3. The molecule has 2 aromatic rings. The third-order valence-electron chi connectivity index (χ3n) is 6.11. The monoisotopic (exact) mass is 564 g/mol. The van der Waals surface area contributed by atoms with Gasteiger partial charge in [0.05, 0.1) is 6.04 Å². The van der Waals surface area contributed by atoms with Crippen molar-refractivity contribution in [3.05, 3.63) is 36.0 Å². The lowest BCUT2D eigenvalue weighted by Gasteiger charge is -2.24. The fourth-order valence-electron chi connectivity index (χ4n) is 3.91. The fraction of sp³-hybridized carbons (Fsp3) is 0.480. The topological polar surface area (TPSA) is 230 Å². The van der Waals surface area contributed by atoms with E-state index in [0.717, 1.165) is 16.5 Å². The Morgan fingerprint density at radius 2 is 1.54 bits per heavy atom. The number of H-pyrrole nitrogens is 1. The summed E-state index contributed by atoms with van der Waals surface area (Å²) in [4.78, 5) is 64.3. The number of thiol groups is 1. The van der Waals surface area contributed by atoms with Gasteiger partial charge in [-0.25, -0.2) is 4.79 Å². The summed E-state index contributed by atoms with van der Waals surface area (Å²) in [7, 11) is 0. The third-order valence-corrected chi connectivity index (χ3v) is 6.48. The zero-order valence-electron chi connectivity index (χ0n) is 21.4. The van der Waals surface area contributed by atoms with Crippen LogP contribution in [0.1, 0.15) is 37.7 Å². The lowest BCUT2D eigenvalue weighted by molar-refractivity contribution is -0.143. The van der Waals surface area contributed by atoms with Crippen molar-refractivity contribution < 1.29 is 34.2 Å². The number of nitrogens with two attached hydrogens (primary N) is 2. The van der Waals surface area contributed by atoms with Crippen LogP contribution in [0.15, 0.2) is 30.5 Å². The van der Waals surface area contributed by atoms with E-state index in [1.165, 1.54) is 0 Å². The van der Waals surface area contributed by atoms with E-state index in [1.807, 2.05) is 24.3 Å². The summed E-state index contributed by atoms with van der Waals surface area (Å²) in [6.07, 6.45) is 2.69. The highest BCUT2D eigenvalue weighted by Crippen LogP contribution is 2.19. The quantitative estimate of drug-likeness (QED) is 0.0889. The first kappa shape index (κ1) is 31.6. The molecular formula is C25H36N6O7S. The van der Waals surface area contributed by atoms with Gasteiger partial charge in [0.1, 0.15) is 18.1 Å². The Labute approximate surface area is 230 Å². The standard InChI is InChI=1S/C25H36N6O7S/c26-10-4-3-6-16(27)22(34)30-19(11-14-12-28-17-7-2-1-5-15(14)17)23(35)31-20(13-39)24(36)29-18(25(37)38)8-9-21(32)33/h1-2,5,7,12,16,18-20,28,39H,3-4,6,8-11,13,26-27H2,(H,29,36)(H,30,34)(H,31,35)(H,32,33)(H,37,38). The molecule has 0 radical (unpaired) electrons. The van der Waals surface area contributed by atoms with Crippen LogP contribution in [-0.2, 0) is 30.4 Å². The molecule has 0 aliphatic rings. The van der Waals surface area contributed by atoms with Crippen molar-refractivity contribution in [1.82, 2.24) is 20.9 Å². The van der Waals surface area contributed by atoms with Crippen LogP contribution in [-0.4, -0.2) is 81.3 Å². The van der Waals surface area contributed by atoms with Crippen molar-refractivity contribution in [2.45, 2.75) is 62.7 Å². The normalized spacial score (nSPS) is 14.1. The van der Waals surface area contributed by atoms with E-state index in [-0.39, 0.29) is 18.6 Å². The summed E-state index contributed by atoms with van der Waals surface area (Å²) in [5, 5.41) is 26.4. The fourth-order valence-corrected chi connectivity index (χ4v) is 4.17. The Hall–Kier alpha value is -3.62. The lowest BCUT2D eigenvalue weighted by Crippen LogP contribution is -2.58. The van der Waals surface area contributed by atoms with Crippen LogP contribution in [0.2, 0.25) is 0 Å². The molecule has 3 amide bonds. The summed E-state index contributed by atoms with van der Waals surface area (Å²) in [6, 6.07) is 2.71. The summed E-state index contributed by atoms with van der Waals surface area (Å²) < 4.78 is 0. The molecule has 4 unspecified atom stereocenters. The Bertz CT molecular complexity index is 1160. The van der Waals surface area contributed by atoms with E-state index in [0.29, 0.717) is 25.8 Å². The smallest absolute Gasteiger partial charge is 0.326 e. The summed E-state index contributed by atoms with van der Waals surface area (Å²) in [5.74, 6) is -4.91.